The van der Waals surface area contributed by atoms with Crippen molar-refractivity contribution < 1.29 is 9.15 Å². The molecule has 1 aliphatic rings. The molecule has 0 aliphatic carbocycles. The van der Waals surface area contributed by atoms with Gasteiger partial charge in [-0.3, -0.25) is 0 Å². The SMILES string of the molecule is CC1(CNCc2ccco2)CCCO1. The Balaban J connectivity index is 1.72. The molecule has 1 atom stereocenters. The van der Waals surface area contributed by atoms with Gasteiger partial charge in [0, 0.05) is 13.2 Å². The Labute approximate surface area is 84.4 Å². The molecule has 3 nitrogen and oxygen atoms in total. The molecule has 1 aromatic heterocycles. The second-order valence-corrected chi connectivity index (χ2v) is 4.08. The standard InChI is InChI=1S/C11H17NO2/c1-11(5-3-7-14-11)9-12-8-10-4-2-6-13-10/h2,4,6,12H,3,5,7-9H2,1H3. The van der Waals surface area contributed by atoms with Gasteiger partial charge in [-0.15, -0.1) is 0 Å². The number of hydrogen-bond acceptors (Lipinski definition) is 3. The molecule has 0 spiro atoms. The van der Waals surface area contributed by atoms with E-state index in [-0.39, 0.29) is 5.60 Å². The molecular weight excluding hydrogens is 178 g/mol. The Kier molecular flexibility index (Phi) is 2.89. The zero-order valence-electron chi connectivity index (χ0n) is 8.58. The van der Waals surface area contributed by atoms with Crippen LogP contribution in [0.2, 0.25) is 0 Å². The summed E-state index contributed by atoms with van der Waals surface area (Å²) in [4.78, 5) is 0. The Morgan fingerprint density at radius 2 is 2.50 bits per heavy atom. The Hall–Kier alpha value is -0.800. The van der Waals surface area contributed by atoms with E-state index in [0.717, 1.165) is 31.9 Å². The molecule has 0 radical (unpaired) electrons. The van der Waals surface area contributed by atoms with Gasteiger partial charge in [0.15, 0.2) is 0 Å². The predicted octanol–water partition coefficient (Wildman–Crippen LogP) is 1.94. The highest BCUT2D eigenvalue weighted by atomic mass is 16.5. The van der Waals surface area contributed by atoms with Gasteiger partial charge in [0.25, 0.3) is 0 Å². The van der Waals surface area contributed by atoms with Crippen molar-refractivity contribution in [3.63, 3.8) is 0 Å². The second-order valence-electron chi connectivity index (χ2n) is 4.08. The van der Waals surface area contributed by atoms with E-state index in [2.05, 4.69) is 12.2 Å². The molecule has 0 bridgehead atoms. The van der Waals surface area contributed by atoms with E-state index in [9.17, 15) is 0 Å². The number of ether oxygens (including phenoxy) is 1. The zero-order valence-corrected chi connectivity index (χ0v) is 8.58. The highest BCUT2D eigenvalue weighted by Gasteiger charge is 2.28. The van der Waals surface area contributed by atoms with E-state index < -0.39 is 0 Å². The Morgan fingerprint density at radius 3 is 3.14 bits per heavy atom. The molecule has 1 aliphatic heterocycles. The summed E-state index contributed by atoms with van der Waals surface area (Å²) in [5.41, 5.74) is 0.0343. The monoisotopic (exact) mass is 195 g/mol. The van der Waals surface area contributed by atoms with Gasteiger partial charge in [-0.2, -0.15) is 0 Å². The lowest BCUT2D eigenvalue weighted by atomic mass is 10.0. The van der Waals surface area contributed by atoms with E-state index in [1.807, 2.05) is 12.1 Å². The summed E-state index contributed by atoms with van der Waals surface area (Å²) in [6, 6.07) is 3.88. The van der Waals surface area contributed by atoms with Crippen LogP contribution < -0.4 is 5.32 Å². The first-order chi connectivity index (χ1) is 6.79. The normalized spacial score (nSPS) is 26.9. The van der Waals surface area contributed by atoms with Gasteiger partial charge in [0.05, 0.1) is 18.4 Å². The molecule has 0 aromatic carbocycles. The van der Waals surface area contributed by atoms with E-state index in [4.69, 9.17) is 9.15 Å². The lowest BCUT2D eigenvalue weighted by Crippen LogP contribution is -2.36. The quantitative estimate of drug-likeness (QED) is 0.797. The smallest absolute Gasteiger partial charge is 0.117 e. The average molecular weight is 195 g/mol. The molecular formula is C11H17NO2. The van der Waals surface area contributed by atoms with Crippen molar-refractivity contribution in [1.82, 2.24) is 5.32 Å². The summed E-state index contributed by atoms with van der Waals surface area (Å²) in [6.45, 7) is 4.74. The van der Waals surface area contributed by atoms with Crippen molar-refractivity contribution in [3.8, 4) is 0 Å². The lowest BCUT2D eigenvalue weighted by Gasteiger charge is -2.23. The topological polar surface area (TPSA) is 34.4 Å². The van der Waals surface area contributed by atoms with Gasteiger partial charge >= 0.3 is 0 Å². The average Bonchev–Trinajstić information content (AvgIpc) is 2.77. The molecule has 2 rings (SSSR count). The highest BCUT2D eigenvalue weighted by Crippen LogP contribution is 2.23. The summed E-state index contributed by atoms with van der Waals surface area (Å²) in [5, 5.41) is 3.35. The highest BCUT2D eigenvalue weighted by molar-refractivity contribution is 4.97. The summed E-state index contributed by atoms with van der Waals surface area (Å²) in [7, 11) is 0. The molecule has 78 valence electrons. The third-order valence-corrected chi connectivity index (χ3v) is 2.68. The van der Waals surface area contributed by atoms with Gasteiger partial charge in [0.2, 0.25) is 0 Å². The van der Waals surface area contributed by atoms with Crippen molar-refractivity contribution in [2.75, 3.05) is 13.2 Å². The van der Waals surface area contributed by atoms with Crippen LogP contribution in [0.3, 0.4) is 0 Å². The van der Waals surface area contributed by atoms with Gasteiger partial charge in [-0.1, -0.05) is 0 Å². The molecule has 0 amide bonds. The van der Waals surface area contributed by atoms with Gasteiger partial charge in [-0.25, -0.2) is 0 Å². The summed E-state index contributed by atoms with van der Waals surface area (Å²) in [5.74, 6) is 0.978. The first-order valence-corrected chi connectivity index (χ1v) is 5.16. The van der Waals surface area contributed by atoms with Crippen LogP contribution in [0.4, 0.5) is 0 Å². The largest absolute Gasteiger partial charge is 0.468 e. The molecule has 1 aromatic rings. The second kappa shape index (κ2) is 4.15. The van der Waals surface area contributed by atoms with Crippen LogP contribution >= 0.6 is 0 Å². The van der Waals surface area contributed by atoms with Crippen molar-refractivity contribution in [2.24, 2.45) is 0 Å². The van der Waals surface area contributed by atoms with Crippen LogP contribution in [0.5, 0.6) is 0 Å². The third kappa shape index (κ3) is 2.36. The summed E-state index contributed by atoms with van der Waals surface area (Å²) >= 11 is 0. The van der Waals surface area contributed by atoms with E-state index in [1.165, 1.54) is 6.42 Å². The van der Waals surface area contributed by atoms with Crippen LogP contribution in [0.1, 0.15) is 25.5 Å². The first kappa shape index (κ1) is 9.74. The van der Waals surface area contributed by atoms with Gasteiger partial charge in [-0.05, 0) is 31.9 Å². The molecule has 1 fully saturated rings. The summed E-state index contributed by atoms with van der Waals surface area (Å²) < 4.78 is 10.9. The minimum absolute atomic E-state index is 0.0343. The number of hydrogen-bond donors (Lipinski definition) is 1. The molecule has 1 unspecified atom stereocenters. The fourth-order valence-corrected chi connectivity index (χ4v) is 1.84. The number of rotatable bonds is 4. The molecule has 1 saturated heterocycles. The van der Waals surface area contributed by atoms with Crippen LogP contribution in [0.15, 0.2) is 22.8 Å². The minimum Gasteiger partial charge on any atom is -0.468 e. The summed E-state index contributed by atoms with van der Waals surface area (Å²) in [6.07, 6.45) is 4.03. The van der Waals surface area contributed by atoms with E-state index in [1.54, 1.807) is 6.26 Å². The Bertz CT molecular complexity index is 263. The maximum Gasteiger partial charge on any atom is 0.117 e. The van der Waals surface area contributed by atoms with Crippen LogP contribution in [0, 0.1) is 0 Å². The number of nitrogens with one attached hydrogen (secondary N) is 1. The molecule has 1 N–H and O–H groups in total. The molecule has 3 heteroatoms. The lowest BCUT2D eigenvalue weighted by molar-refractivity contribution is 0.0204. The number of furan rings is 1. The fourth-order valence-electron chi connectivity index (χ4n) is 1.84. The van der Waals surface area contributed by atoms with Gasteiger partial charge < -0.3 is 14.5 Å². The van der Waals surface area contributed by atoms with Crippen molar-refractivity contribution in [1.29, 1.82) is 0 Å². The van der Waals surface area contributed by atoms with Crippen LogP contribution in [-0.2, 0) is 11.3 Å². The van der Waals surface area contributed by atoms with Crippen molar-refractivity contribution in [2.45, 2.75) is 31.9 Å². The first-order valence-electron chi connectivity index (χ1n) is 5.16. The van der Waals surface area contributed by atoms with E-state index in [0.29, 0.717) is 0 Å². The zero-order chi connectivity index (χ0) is 9.86. The Morgan fingerprint density at radius 1 is 1.57 bits per heavy atom. The third-order valence-electron chi connectivity index (χ3n) is 2.68. The maximum atomic E-state index is 5.67. The molecule has 0 saturated carbocycles. The van der Waals surface area contributed by atoms with Crippen molar-refractivity contribution >= 4 is 0 Å². The fraction of sp³-hybridized carbons (Fsp3) is 0.636. The minimum atomic E-state index is 0.0343. The van der Waals surface area contributed by atoms with Crippen molar-refractivity contribution in [3.05, 3.63) is 24.2 Å². The van der Waals surface area contributed by atoms with E-state index >= 15 is 0 Å². The van der Waals surface area contributed by atoms with Gasteiger partial charge in [0.1, 0.15) is 5.76 Å². The molecule has 14 heavy (non-hydrogen) atoms. The predicted molar refractivity (Wildman–Crippen MR) is 54.0 cm³/mol. The van der Waals surface area contributed by atoms with Crippen LogP contribution in [0.25, 0.3) is 0 Å². The molecule has 2 heterocycles. The maximum absolute atomic E-state index is 5.67. The van der Waals surface area contributed by atoms with Crippen LogP contribution in [-0.4, -0.2) is 18.8 Å².